The van der Waals surface area contributed by atoms with Gasteiger partial charge in [0.2, 0.25) is 0 Å². The lowest BCUT2D eigenvalue weighted by Gasteiger charge is -2.12. The molecule has 0 aliphatic heterocycles. The van der Waals surface area contributed by atoms with Crippen LogP contribution in [0.4, 0.5) is 0 Å². The van der Waals surface area contributed by atoms with Gasteiger partial charge in [-0.2, -0.15) is 0 Å². The average Bonchev–Trinajstić information content (AvgIpc) is 2.48. The maximum atomic E-state index is 6.28. The Morgan fingerprint density at radius 2 is 1.76 bits per heavy atom. The predicted octanol–water partition coefficient (Wildman–Crippen LogP) is 4.51. The number of hydrogen-bond donors (Lipinski definition) is 1. The normalized spacial score (nSPS) is 12.2. The summed E-state index contributed by atoms with van der Waals surface area (Å²) in [6.45, 7) is 4.68. The molecule has 0 fully saturated rings. The fourth-order valence-electron chi connectivity index (χ4n) is 2.08. The van der Waals surface area contributed by atoms with Crippen LogP contribution in [0.1, 0.15) is 30.0 Å². The Hall–Kier alpha value is -1.51. The third-order valence-corrected chi connectivity index (χ3v) is 3.83. The van der Waals surface area contributed by atoms with E-state index in [9.17, 15) is 0 Å². The van der Waals surface area contributed by atoms with E-state index in [1.54, 1.807) is 0 Å². The highest BCUT2D eigenvalue weighted by atomic mass is 35.5. The summed E-state index contributed by atoms with van der Waals surface area (Å²) in [6, 6.07) is 14.4. The molecule has 2 nitrogen and oxygen atoms in total. The zero-order valence-corrected chi connectivity index (χ0v) is 13.4. The van der Waals surface area contributed by atoms with Crippen molar-refractivity contribution in [2.75, 3.05) is 0 Å². The van der Waals surface area contributed by atoms with E-state index >= 15 is 0 Å². The van der Waals surface area contributed by atoms with Crippen LogP contribution in [-0.2, 0) is 13.0 Å². The van der Waals surface area contributed by atoms with Gasteiger partial charge in [0.15, 0.2) is 0 Å². The number of rotatable bonds is 6. The summed E-state index contributed by atoms with van der Waals surface area (Å²) < 4.78 is 5.79. The molecule has 21 heavy (non-hydrogen) atoms. The van der Waals surface area contributed by atoms with E-state index in [4.69, 9.17) is 22.1 Å². The maximum Gasteiger partial charge on any atom is 0.138 e. The summed E-state index contributed by atoms with van der Waals surface area (Å²) in [5, 5.41) is 0.642. The standard InChI is InChI=1S/C18H22ClNO/c1-3-16(20)10-15-8-9-18(17(19)11-15)21-12-14-6-4-13(2)5-7-14/h4-9,11,16H,3,10,12,20H2,1-2H3. The highest BCUT2D eigenvalue weighted by Crippen LogP contribution is 2.27. The van der Waals surface area contributed by atoms with Crippen LogP contribution in [0, 0.1) is 6.92 Å². The third kappa shape index (κ3) is 4.76. The first-order valence-corrected chi connectivity index (χ1v) is 7.68. The Balaban J connectivity index is 1.99. The van der Waals surface area contributed by atoms with Gasteiger partial charge in [-0.25, -0.2) is 0 Å². The molecule has 0 radical (unpaired) electrons. The zero-order valence-electron chi connectivity index (χ0n) is 12.6. The smallest absolute Gasteiger partial charge is 0.138 e. The molecule has 2 N–H and O–H groups in total. The van der Waals surface area contributed by atoms with Gasteiger partial charge in [0.25, 0.3) is 0 Å². The molecule has 2 rings (SSSR count). The van der Waals surface area contributed by atoms with Crippen molar-refractivity contribution in [2.24, 2.45) is 5.73 Å². The molecule has 0 amide bonds. The highest BCUT2D eigenvalue weighted by Gasteiger charge is 2.06. The first-order chi connectivity index (χ1) is 10.1. The van der Waals surface area contributed by atoms with E-state index in [2.05, 4.69) is 38.1 Å². The summed E-state index contributed by atoms with van der Waals surface area (Å²) >= 11 is 6.28. The molecule has 2 aromatic carbocycles. The predicted molar refractivity (Wildman–Crippen MR) is 88.9 cm³/mol. The molecule has 0 bridgehead atoms. The quantitative estimate of drug-likeness (QED) is 0.852. The van der Waals surface area contributed by atoms with E-state index in [-0.39, 0.29) is 6.04 Å². The number of benzene rings is 2. The molecule has 1 atom stereocenters. The Morgan fingerprint density at radius 3 is 2.38 bits per heavy atom. The zero-order chi connectivity index (χ0) is 15.2. The van der Waals surface area contributed by atoms with Crippen LogP contribution in [0.25, 0.3) is 0 Å². The van der Waals surface area contributed by atoms with Gasteiger partial charge in [-0.3, -0.25) is 0 Å². The first kappa shape index (κ1) is 15.9. The van der Waals surface area contributed by atoms with Crippen molar-refractivity contribution in [3.8, 4) is 5.75 Å². The summed E-state index contributed by atoms with van der Waals surface area (Å²) in [5.74, 6) is 0.714. The van der Waals surface area contributed by atoms with Crippen molar-refractivity contribution in [1.82, 2.24) is 0 Å². The van der Waals surface area contributed by atoms with Gasteiger partial charge < -0.3 is 10.5 Å². The van der Waals surface area contributed by atoms with Gasteiger partial charge in [0.05, 0.1) is 5.02 Å². The number of hydrogen-bond acceptors (Lipinski definition) is 2. The Labute approximate surface area is 131 Å². The van der Waals surface area contributed by atoms with Crippen molar-refractivity contribution in [3.05, 3.63) is 64.2 Å². The number of nitrogens with two attached hydrogens (primary N) is 1. The second-order valence-electron chi connectivity index (χ2n) is 5.41. The molecular weight excluding hydrogens is 282 g/mol. The molecule has 0 spiro atoms. The van der Waals surface area contributed by atoms with E-state index in [1.165, 1.54) is 5.56 Å². The molecule has 1 unspecified atom stereocenters. The monoisotopic (exact) mass is 303 g/mol. The molecule has 0 aliphatic rings. The Bertz CT molecular complexity index is 580. The Morgan fingerprint density at radius 1 is 1.10 bits per heavy atom. The van der Waals surface area contributed by atoms with Gasteiger partial charge >= 0.3 is 0 Å². The summed E-state index contributed by atoms with van der Waals surface area (Å²) in [5.41, 5.74) is 9.49. The fourth-order valence-corrected chi connectivity index (χ4v) is 2.34. The largest absolute Gasteiger partial charge is 0.487 e. The minimum Gasteiger partial charge on any atom is -0.487 e. The molecule has 0 heterocycles. The summed E-state index contributed by atoms with van der Waals surface area (Å²) in [4.78, 5) is 0. The van der Waals surface area contributed by atoms with Crippen LogP contribution in [0.15, 0.2) is 42.5 Å². The summed E-state index contributed by atoms with van der Waals surface area (Å²) in [6.07, 6.45) is 1.80. The van der Waals surface area contributed by atoms with Crippen LogP contribution >= 0.6 is 11.6 Å². The van der Waals surface area contributed by atoms with Gasteiger partial charge in [0.1, 0.15) is 12.4 Å². The van der Waals surface area contributed by atoms with Crippen molar-refractivity contribution in [2.45, 2.75) is 39.3 Å². The molecule has 0 saturated heterocycles. The topological polar surface area (TPSA) is 35.2 Å². The van der Waals surface area contributed by atoms with Gasteiger partial charge in [0, 0.05) is 6.04 Å². The molecule has 0 aromatic heterocycles. The van der Waals surface area contributed by atoms with Crippen molar-refractivity contribution < 1.29 is 4.74 Å². The van der Waals surface area contributed by atoms with Crippen LogP contribution in [0.3, 0.4) is 0 Å². The number of aryl methyl sites for hydroxylation is 1. The van der Waals surface area contributed by atoms with Crippen LogP contribution in [-0.4, -0.2) is 6.04 Å². The number of ether oxygens (including phenoxy) is 1. The average molecular weight is 304 g/mol. The van der Waals surface area contributed by atoms with E-state index in [1.807, 2.05) is 18.2 Å². The SMILES string of the molecule is CCC(N)Cc1ccc(OCc2ccc(C)cc2)c(Cl)c1. The minimum atomic E-state index is 0.181. The summed E-state index contributed by atoms with van der Waals surface area (Å²) in [7, 11) is 0. The molecule has 3 heteroatoms. The second kappa shape index (κ2) is 7.48. The van der Waals surface area contributed by atoms with Crippen molar-refractivity contribution >= 4 is 11.6 Å². The van der Waals surface area contributed by atoms with Crippen LogP contribution in [0.2, 0.25) is 5.02 Å². The van der Waals surface area contributed by atoms with Gasteiger partial charge in [-0.05, 0) is 43.0 Å². The maximum absolute atomic E-state index is 6.28. The van der Waals surface area contributed by atoms with Crippen molar-refractivity contribution in [1.29, 1.82) is 0 Å². The van der Waals surface area contributed by atoms with Crippen molar-refractivity contribution in [3.63, 3.8) is 0 Å². The van der Waals surface area contributed by atoms with E-state index in [0.717, 1.165) is 24.0 Å². The lowest BCUT2D eigenvalue weighted by atomic mass is 10.0. The van der Waals surface area contributed by atoms with Gasteiger partial charge in [-0.1, -0.05) is 54.4 Å². The number of halogens is 1. The minimum absolute atomic E-state index is 0.181. The Kier molecular flexibility index (Phi) is 5.66. The van der Waals surface area contributed by atoms with E-state index < -0.39 is 0 Å². The van der Waals surface area contributed by atoms with Crippen LogP contribution < -0.4 is 10.5 Å². The third-order valence-electron chi connectivity index (χ3n) is 3.53. The molecule has 0 saturated carbocycles. The fraction of sp³-hybridized carbons (Fsp3) is 0.333. The van der Waals surface area contributed by atoms with Crippen LogP contribution in [0.5, 0.6) is 5.75 Å². The molecular formula is C18H22ClNO. The molecule has 2 aromatic rings. The van der Waals surface area contributed by atoms with Gasteiger partial charge in [-0.15, -0.1) is 0 Å². The van der Waals surface area contributed by atoms with E-state index in [0.29, 0.717) is 17.4 Å². The lowest BCUT2D eigenvalue weighted by molar-refractivity contribution is 0.306. The lowest BCUT2D eigenvalue weighted by Crippen LogP contribution is -2.21. The highest BCUT2D eigenvalue weighted by molar-refractivity contribution is 6.32. The first-order valence-electron chi connectivity index (χ1n) is 7.31. The molecule has 0 aliphatic carbocycles. The second-order valence-corrected chi connectivity index (χ2v) is 5.82. The molecule has 112 valence electrons.